The van der Waals surface area contributed by atoms with Crippen molar-refractivity contribution in [1.29, 1.82) is 0 Å². The molecule has 0 saturated carbocycles. The van der Waals surface area contributed by atoms with Crippen LogP contribution in [-0.2, 0) is 9.47 Å². The number of hydrogen-bond acceptors (Lipinski definition) is 3. The first-order valence-electron chi connectivity index (χ1n) is 5.11. The zero-order valence-corrected chi connectivity index (χ0v) is 9.71. The number of hydrogen-bond donors (Lipinski definition) is 1. The topological polar surface area (TPSA) is 47.6 Å². The van der Waals surface area contributed by atoms with Crippen molar-refractivity contribution in [3.63, 3.8) is 0 Å². The fourth-order valence-corrected chi connectivity index (χ4v) is 1.30. The lowest BCUT2D eigenvalue weighted by molar-refractivity contribution is -0.928. The maximum absolute atomic E-state index is 11.5. The average molecular weight is 216 g/mol. The van der Waals surface area contributed by atoms with Gasteiger partial charge in [-0.1, -0.05) is 0 Å². The second-order valence-electron chi connectivity index (χ2n) is 4.82. The normalized spacial score (nSPS) is 20.8. The molecule has 0 aromatic heterocycles. The van der Waals surface area contributed by atoms with Crippen LogP contribution >= 0.6 is 0 Å². The Morgan fingerprint density at radius 1 is 1.40 bits per heavy atom. The molecule has 1 heterocycles. The first kappa shape index (κ1) is 12.3. The third-order valence-electron chi connectivity index (χ3n) is 2.05. The van der Waals surface area contributed by atoms with Crippen LogP contribution in [0.2, 0.25) is 0 Å². The number of nitrogens with zero attached hydrogens (tertiary/aromatic N) is 1. The van der Waals surface area contributed by atoms with Crippen LogP contribution < -0.4 is 5.43 Å². The van der Waals surface area contributed by atoms with Crippen molar-refractivity contribution in [3.05, 3.63) is 7.05 Å². The van der Waals surface area contributed by atoms with E-state index >= 15 is 0 Å². The monoisotopic (exact) mass is 216 g/mol. The third-order valence-corrected chi connectivity index (χ3v) is 2.05. The van der Waals surface area contributed by atoms with E-state index in [1.165, 1.54) is 0 Å². The molecular formula is C10H20N2O3+. The molecule has 1 amide bonds. The molecule has 0 aromatic rings. The molecule has 5 nitrogen and oxygen atoms in total. The second-order valence-corrected chi connectivity index (χ2v) is 4.82. The Labute approximate surface area is 90.9 Å². The first-order valence-corrected chi connectivity index (χ1v) is 5.11. The van der Waals surface area contributed by atoms with E-state index in [4.69, 9.17) is 9.47 Å². The zero-order valence-electron chi connectivity index (χ0n) is 9.71. The molecule has 5 heteroatoms. The lowest BCUT2D eigenvalue weighted by Gasteiger charge is -2.35. The van der Waals surface area contributed by atoms with E-state index in [1.54, 1.807) is 0 Å². The second kappa shape index (κ2) is 4.37. The predicted octanol–water partition coefficient (Wildman–Crippen LogP) is 1.06. The minimum Gasteiger partial charge on any atom is -0.441 e. The molecule has 0 aromatic carbocycles. The summed E-state index contributed by atoms with van der Waals surface area (Å²) in [6.45, 7) is 8.05. The van der Waals surface area contributed by atoms with E-state index in [0.29, 0.717) is 26.3 Å². The van der Waals surface area contributed by atoms with Gasteiger partial charge < -0.3 is 9.47 Å². The molecule has 1 aliphatic heterocycles. The number of carbonyl (C=O) groups excluding carboxylic acids is 1. The maximum Gasteiger partial charge on any atom is 0.452 e. The Bertz CT molecular complexity index is 229. The highest BCUT2D eigenvalue weighted by Gasteiger charge is 2.30. The Kier molecular flexibility index (Phi) is 3.57. The van der Waals surface area contributed by atoms with Crippen molar-refractivity contribution in [2.75, 3.05) is 26.3 Å². The summed E-state index contributed by atoms with van der Waals surface area (Å²) in [5.41, 5.74) is 2.26. The van der Waals surface area contributed by atoms with Crippen molar-refractivity contribution in [3.8, 4) is 0 Å². The number of morpholine rings is 1. The highest BCUT2D eigenvalue weighted by atomic mass is 16.6. The van der Waals surface area contributed by atoms with E-state index in [1.807, 2.05) is 20.8 Å². The van der Waals surface area contributed by atoms with Gasteiger partial charge in [-0.3, -0.25) is 0 Å². The zero-order chi connectivity index (χ0) is 11.5. The molecule has 0 atom stereocenters. The van der Waals surface area contributed by atoms with E-state index in [2.05, 4.69) is 12.5 Å². The van der Waals surface area contributed by atoms with Crippen LogP contribution in [0.1, 0.15) is 20.8 Å². The fourth-order valence-electron chi connectivity index (χ4n) is 1.30. The van der Waals surface area contributed by atoms with Gasteiger partial charge in [0.15, 0.2) is 7.05 Å². The number of nitrogens with one attached hydrogen (secondary N) is 1. The van der Waals surface area contributed by atoms with Gasteiger partial charge in [-0.2, -0.15) is 5.43 Å². The lowest BCUT2D eigenvalue weighted by Crippen LogP contribution is -2.61. The van der Waals surface area contributed by atoms with Crippen molar-refractivity contribution in [1.82, 2.24) is 5.43 Å². The van der Waals surface area contributed by atoms with Crippen LogP contribution in [0, 0.1) is 7.05 Å². The molecule has 1 N–H and O–H groups in total. The van der Waals surface area contributed by atoms with E-state index in [9.17, 15) is 4.79 Å². The van der Waals surface area contributed by atoms with Gasteiger partial charge in [0, 0.05) is 0 Å². The van der Waals surface area contributed by atoms with Gasteiger partial charge >= 0.3 is 6.09 Å². The van der Waals surface area contributed by atoms with Gasteiger partial charge in [0.05, 0.1) is 13.2 Å². The Morgan fingerprint density at radius 2 is 1.93 bits per heavy atom. The molecule has 1 aliphatic rings. The molecule has 0 aliphatic carbocycles. The standard InChI is InChI=1S/C10H20N2O3/c1-10(2,3)15-9(13)11-12(4)5-7-14-8-6-12/h4-8H2,1-3H3,(H,11,13)/q+1. The number of quaternary nitrogens is 1. The highest BCUT2D eigenvalue weighted by Crippen LogP contribution is 2.10. The first-order chi connectivity index (χ1) is 6.81. The smallest absolute Gasteiger partial charge is 0.441 e. The number of carbonyl (C=O) groups is 1. The molecule has 1 radical (unpaired) electrons. The van der Waals surface area contributed by atoms with E-state index in [0.717, 1.165) is 0 Å². The van der Waals surface area contributed by atoms with Gasteiger partial charge in [-0.25, -0.2) is 9.39 Å². The summed E-state index contributed by atoms with van der Waals surface area (Å²) >= 11 is 0. The molecule has 87 valence electrons. The van der Waals surface area contributed by atoms with Gasteiger partial charge in [0.25, 0.3) is 0 Å². The van der Waals surface area contributed by atoms with Crippen molar-refractivity contribution >= 4 is 6.09 Å². The van der Waals surface area contributed by atoms with E-state index in [-0.39, 0.29) is 4.59 Å². The molecular weight excluding hydrogens is 196 g/mol. The highest BCUT2D eigenvalue weighted by molar-refractivity contribution is 5.66. The van der Waals surface area contributed by atoms with Crippen LogP contribution in [0.15, 0.2) is 0 Å². The average Bonchev–Trinajstić information content (AvgIpc) is 1.99. The fraction of sp³-hybridized carbons (Fsp3) is 0.800. The number of ether oxygens (including phenoxy) is 2. The van der Waals surface area contributed by atoms with Gasteiger partial charge in [0.1, 0.15) is 18.7 Å². The Balaban J connectivity index is 2.42. The van der Waals surface area contributed by atoms with Crippen LogP contribution in [0.5, 0.6) is 0 Å². The minimum absolute atomic E-state index is 0.231. The van der Waals surface area contributed by atoms with Crippen LogP contribution in [0.3, 0.4) is 0 Å². The molecule has 1 saturated heterocycles. The van der Waals surface area contributed by atoms with E-state index < -0.39 is 11.7 Å². The van der Waals surface area contributed by atoms with Crippen LogP contribution in [0.25, 0.3) is 0 Å². The van der Waals surface area contributed by atoms with Gasteiger partial charge in [-0.15, -0.1) is 0 Å². The van der Waals surface area contributed by atoms with Crippen LogP contribution in [0.4, 0.5) is 4.79 Å². The molecule has 0 unspecified atom stereocenters. The van der Waals surface area contributed by atoms with Crippen LogP contribution in [-0.4, -0.2) is 42.6 Å². The molecule has 1 rings (SSSR count). The predicted molar refractivity (Wildman–Crippen MR) is 55.5 cm³/mol. The lowest BCUT2D eigenvalue weighted by atomic mass is 10.2. The van der Waals surface area contributed by atoms with Crippen molar-refractivity contribution in [2.24, 2.45) is 0 Å². The van der Waals surface area contributed by atoms with Gasteiger partial charge in [-0.05, 0) is 20.8 Å². The number of amides is 1. The third kappa shape index (κ3) is 4.48. The maximum atomic E-state index is 11.5. The Morgan fingerprint density at radius 3 is 2.40 bits per heavy atom. The summed E-state index contributed by atoms with van der Waals surface area (Å²) < 4.78 is 10.6. The number of rotatable bonds is 1. The summed E-state index contributed by atoms with van der Waals surface area (Å²) in [5.74, 6) is 0. The molecule has 15 heavy (non-hydrogen) atoms. The summed E-state index contributed by atoms with van der Waals surface area (Å²) in [6.07, 6.45) is -0.431. The summed E-state index contributed by atoms with van der Waals surface area (Å²) in [7, 11) is 3.94. The molecule has 0 bridgehead atoms. The van der Waals surface area contributed by atoms with Crippen molar-refractivity contribution in [2.45, 2.75) is 26.4 Å². The van der Waals surface area contributed by atoms with Crippen molar-refractivity contribution < 1.29 is 18.9 Å². The largest absolute Gasteiger partial charge is 0.452 e. The Hall–Kier alpha value is -0.810. The van der Waals surface area contributed by atoms with Gasteiger partial charge in [0.2, 0.25) is 0 Å². The summed E-state index contributed by atoms with van der Waals surface area (Å²) in [5, 5.41) is 0. The molecule has 0 spiro atoms. The quantitative estimate of drug-likeness (QED) is 0.667. The molecule has 1 fully saturated rings. The minimum atomic E-state index is -0.477. The summed E-state index contributed by atoms with van der Waals surface area (Å²) in [4.78, 5) is 11.5. The SMILES string of the molecule is [CH2][N+]1(NC(=O)OC(C)(C)C)CCOCC1. The summed E-state index contributed by atoms with van der Waals surface area (Å²) in [6, 6.07) is 0.